The van der Waals surface area contributed by atoms with Gasteiger partial charge in [0.2, 0.25) is 10.0 Å². The molecule has 1 fully saturated rings. The molecule has 0 radical (unpaired) electrons. The van der Waals surface area contributed by atoms with Gasteiger partial charge in [0, 0.05) is 24.6 Å². The molecule has 0 aromatic heterocycles. The smallest absolute Gasteiger partial charge is 0.308 e. The second-order valence-corrected chi connectivity index (χ2v) is 8.43. The third-order valence-electron chi connectivity index (χ3n) is 5.09. The quantitative estimate of drug-likeness (QED) is 0.900. The maximum absolute atomic E-state index is 13.0. The Morgan fingerprint density at radius 1 is 1.25 bits per heavy atom. The molecule has 0 bridgehead atoms. The molecule has 0 amide bonds. The molecule has 3 rings (SSSR count). The van der Waals surface area contributed by atoms with Crippen molar-refractivity contribution in [2.75, 3.05) is 6.54 Å². The number of ketones is 1. The number of piperidine rings is 1. The number of hydrogen-bond donors (Lipinski definition) is 1. The van der Waals surface area contributed by atoms with Gasteiger partial charge in [-0.1, -0.05) is 6.07 Å². The highest BCUT2D eigenvalue weighted by atomic mass is 32.2. The number of fused-ring (bicyclic) bond motifs is 1. The van der Waals surface area contributed by atoms with E-state index in [1.807, 2.05) is 0 Å². The first kappa shape index (κ1) is 17.1. The molecule has 2 atom stereocenters. The van der Waals surface area contributed by atoms with E-state index in [9.17, 15) is 23.1 Å². The number of aliphatic carboxylic acids is 1. The van der Waals surface area contributed by atoms with Gasteiger partial charge >= 0.3 is 5.97 Å². The Kier molecular flexibility index (Phi) is 4.48. The Morgan fingerprint density at radius 3 is 2.71 bits per heavy atom. The highest BCUT2D eigenvalue weighted by Crippen LogP contribution is 2.31. The number of carboxylic acids is 1. The van der Waals surface area contributed by atoms with Crippen LogP contribution in [-0.2, 0) is 21.2 Å². The summed E-state index contributed by atoms with van der Waals surface area (Å²) in [6.07, 6.45) is 3.01. The summed E-state index contributed by atoms with van der Waals surface area (Å²) < 4.78 is 27.2. The lowest BCUT2D eigenvalue weighted by Crippen LogP contribution is -2.49. The lowest BCUT2D eigenvalue weighted by atomic mass is 9.91. The summed E-state index contributed by atoms with van der Waals surface area (Å²) >= 11 is 0. The van der Waals surface area contributed by atoms with Gasteiger partial charge in [0.25, 0.3) is 0 Å². The molecule has 1 saturated heterocycles. The second-order valence-electron chi connectivity index (χ2n) is 6.54. The monoisotopic (exact) mass is 351 g/mol. The first-order valence-corrected chi connectivity index (χ1v) is 9.67. The van der Waals surface area contributed by atoms with Crippen molar-refractivity contribution in [3.63, 3.8) is 0 Å². The number of sulfonamides is 1. The molecule has 0 spiro atoms. The average molecular weight is 351 g/mol. The predicted molar refractivity (Wildman–Crippen MR) is 87.4 cm³/mol. The molecule has 1 aromatic carbocycles. The lowest BCUT2D eigenvalue weighted by molar-refractivity contribution is -0.144. The van der Waals surface area contributed by atoms with E-state index in [2.05, 4.69) is 0 Å². The Bertz CT molecular complexity index is 786. The van der Waals surface area contributed by atoms with Gasteiger partial charge in [-0.2, -0.15) is 4.31 Å². The fourth-order valence-electron chi connectivity index (χ4n) is 3.68. The van der Waals surface area contributed by atoms with Crippen LogP contribution in [0.1, 0.15) is 48.5 Å². The van der Waals surface area contributed by atoms with E-state index in [0.29, 0.717) is 31.4 Å². The third kappa shape index (κ3) is 2.86. The number of carbonyl (C=O) groups excluding carboxylic acids is 1. The molecule has 0 saturated carbocycles. The fourth-order valence-corrected chi connectivity index (χ4v) is 5.42. The Hall–Kier alpha value is -1.73. The van der Waals surface area contributed by atoms with Crippen molar-refractivity contribution in [3.05, 3.63) is 29.3 Å². The van der Waals surface area contributed by atoms with E-state index < -0.39 is 28.0 Å². The number of nitrogens with zero attached hydrogens (tertiary/aromatic N) is 1. The van der Waals surface area contributed by atoms with E-state index in [-0.39, 0.29) is 10.7 Å². The van der Waals surface area contributed by atoms with Crippen LogP contribution in [-0.4, -0.2) is 42.2 Å². The normalized spacial score (nSPS) is 25.3. The topological polar surface area (TPSA) is 91.8 Å². The zero-order valence-electron chi connectivity index (χ0n) is 13.6. The van der Waals surface area contributed by atoms with E-state index in [1.165, 1.54) is 16.4 Å². The SMILES string of the molecule is C[C@@H]1[C@H](C(=O)O)CCCN1S(=O)(=O)c1ccc2c(c1)C(=O)CCC2. The molecule has 1 heterocycles. The van der Waals surface area contributed by atoms with Crippen molar-refractivity contribution >= 4 is 21.8 Å². The third-order valence-corrected chi connectivity index (χ3v) is 7.07. The average Bonchev–Trinajstić information content (AvgIpc) is 2.54. The molecule has 1 aliphatic heterocycles. The Labute approximate surface area is 141 Å². The van der Waals surface area contributed by atoms with Gasteiger partial charge in [0.1, 0.15) is 0 Å². The maximum atomic E-state index is 13.0. The lowest BCUT2D eigenvalue weighted by Gasteiger charge is -2.36. The zero-order valence-corrected chi connectivity index (χ0v) is 14.4. The molecule has 130 valence electrons. The first-order chi connectivity index (χ1) is 11.3. The van der Waals surface area contributed by atoms with Crippen molar-refractivity contribution in [3.8, 4) is 0 Å². The Balaban J connectivity index is 1.97. The van der Waals surface area contributed by atoms with E-state index in [0.717, 1.165) is 18.4 Å². The van der Waals surface area contributed by atoms with Gasteiger partial charge in [-0.15, -0.1) is 0 Å². The molecule has 7 heteroatoms. The minimum Gasteiger partial charge on any atom is -0.481 e. The highest BCUT2D eigenvalue weighted by Gasteiger charge is 2.39. The van der Waals surface area contributed by atoms with Crippen molar-refractivity contribution in [2.24, 2.45) is 5.92 Å². The summed E-state index contributed by atoms with van der Waals surface area (Å²) in [4.78, 5) is 23.5. The zero-order chi connectivity index (χ0) is 17.5. The van der Waals surface area contributed by atoms with Gasteiger partial charge in [0.15, 0.2) is 5.78 Å². The molecule has 1 aliphatic carbocycles. The summed E-state index contributed by atoms with van der Waals surface area (Å²) in [7, 11) is -3.82. The van der Waals surface area contributed by atoms with Gasteiger partial charge in [-0.25, -0.2) is 8.42 Å². The van der Waals surface area contributed by atoms with Crippen LogP contribution in [0, 0.1) is 5.92 Å². The molecule has 0 unspecified atom stereocenters. The number of carboxylic acid groups (broad SMARTS) is 1. The van der Waals surface area contributed by atoms with Crippen LogP contribution in [0.25, 0.3) is 0 Å². The fraction of sp³-hybridized carbons (Fsp3) is 0.529. The largest absolute Gasteiger partial charge is 0.481 e. The van der Waals surface area contributed by atoms with Gasteiger partial charge in [0.05, 0.1) is 10.8 Å². The number of hydrogen-bond acceptors (Lipinski definition) is 4. The number of rotatable bonds is 3. The summed E-state index contributed by atoms with van der Waals surface area (Å²) in [5, 5.41) is 9.29. The molecule has 6 nitrogen and oxygen atoms in total. The molecular weight excluding hydrogens is 330 g/mol. The minimum absolute atomic E-state index is 0.0246. The number of Topliss-reactive ketones (excluding diaryl/α,β-unsaturated/α-hetero) is 1. The van der Waals surface area contributed by atoms with Crippen molar-refractivity contribution in [1.29, 1.82) is 0 Å². The van der Waals surface area contributed by atoms with Crippen LogP contribution in [0.2, 0.25) is 0 Å². The summed E-state index contributed by atoms with van der Waals surface area (Å²) in [6.45, 7) is 1.94. The van der Waals surface area contributed by atoms with Crippen molar-refractivity contribution < 1.29 is 23.1 Å². The van der Waals surface area contributed by atoms with E-state index in [1.54, 1.807) is 13.0 Å². The van der Waals surface area contributed by atoms with Gasteiger partial charge in [-0.05, 0) is 50.3 Å². The summed E-state index contributed by atoms with van der Waals surface area (Å²) in [5.41, 5.74) is 1.38. The molecule has 1 N–H and O–H groups in total. The standard InChI is InChI=1S/C17H21NO5S/c1-11-14(17(20)21)5-3-9-18(11)24(22,23)13-8-7-12-4-2-6-16(19)15(12)10-13/h7-8,10-11,14H,2-6,9H2,1H3,(H,20,21)/t11-,14-/m1/s1. The van der Waals surface area contributed by atoms with E-state index in [4.69, 9.17) is 0 Å². The predicted octanol–water partition coefficient (Wildman–Crippen LogP) is 2.08. The number of benzene rings is 1. The number of aryl methyl sites for hydroxylation is 1. The van der Waals surface area contributed by atoms with E-state index >= 15 is 0 Å². The van der Waals surface area contributed by atoms with Crippen LogP contribution < -0.4 is 0 Å². The molecule has 2 aliphatic rings. The first-order valence-electron chi connectivity index (χ1n) is 8.23. The summed E-state index contributed by atoms with van der Waals surface area (Å²) in [6, 6.07) is 4.10. The van der Waals surface area contributed by atoms with Crippen LogP contribution in [0.15, 0.2) is 23.1 Å². The molecular formula is C17H21NO5S. The minimum atomic E-state index is -3.82. The number of carbonyl (C=O) groups is 2. The van der Waals surface area contributed by atoms with Crippen LogP contribution >= 0.6 is 0 Å². The van der Waals surface area contributed by atoms with Gasteiger partial charge in [-0.3, -0.25) is 9.59 Å². The molecule has 1 aromatic rings. The van der Waals surface area contributed by atoms with Crippen LogP contribution in [0.5, 0.6) is 0 Å². The Morgan fingerprint density at radius 2 is 2.00 bits per heavy atom. The maximum Gasteiger partial charge on any atom is 0.308 e. The van der Waals surface area contributed by atoms with Gasteiger partial charge < -0.3 is 5.11 Å². The highest BCUT2D eigenvalue weighted by molar-refractivity contribution is 7.89. The van der Waals surface area contributed by atoms with Crippen LogP contribution in [0.3, 0.4) is 0 Å². The summed E-state index contributed by atoms with van der Waals surface area (Å²) in [5.74, 6) is -1.70. The van der Waals surface area contributed by atoms with Crippen molar-refractivity contribution in [1.82, 2.24) is 4.31 Å². The molecule has 24 heavy (non-hydrogen) atoms. The van der Waals surface area contributed by atoms with Crippen LogP contribution in [0.4, 0.5) is 0 Å². The second kappa shape index (κ2) is 6.29. The van der Waals surface area contributed by atoms with Crippen molar-refractivity contribution in [2.45, 2.75) is 50.0 Å².